The van der Waals surface area contributed by atoms with Gasteiger partial charge in [0.25, 0.3) is 0 Å². The Kier molecular flexibility index (Phi) is 3.68. The standard InChI is InChI=1S/C11H16N2O2S/c1-7-6-16-11(13-7)4-9(14)10-3-2-8(5-12)15-10/h6,8,10H,2-5,12H2,1H3. The van der Waals surface area contributed by atoms with E-state index in [1.807, 2.05) is 12.3 Å². The monoisotopic (exact) mass is 240 g/mol. The second-order valence-corrected chi connectivity index (χ2v) is 5.03. The average Bonchev–Trinajstić information content (AvgIpc) is 2.87. The minimum absolute atomic E-state index is 0.0620. The molecule has 2 heterocycles. The molecule has 1 aliphatic rings. The predicted octanol–water partition coefficient (Wildman–Crippen LogP) is 1.07. The van der Waals surface area contributed by atoms with Crippen molar-refractivity contribution in [1.29, 1.82) is 0 Å². The number of thiazole rings is 1. The topological polar surface area (TPSA) is 65.2 Å². The van der Waals surface area contributed by atoms with Gasteiger partial charge in [-0.1, -0.05) is 0 Å². The smallest absolute Gasteiger partial charge is 0.168 e. The van der Waals surface area contributed by atoms with Crippen molar-refractivity contribution in [2.75, 3.05) is 6.54 Å². The summed E-state index contributed by atoms with van der Waals surface area (Å²) in [6.07, 6.45) is 1.87. The molecular weight excluding hydrogens is 224 g/mol. The van der Waals surface area contributed by atoms with E-state index in [1.54, 1.807) is 0 Å². The van der Waals surface area contributed by atoms with E-state index in [9.17, 15) is 4.79 Å². The highest BCUT2D eigenvalue weighted by atomic mass is 32.1. The molecule has 0 amide bonds. The molecule has 16 heavy (non-hydrogen) atoms. The van der Waals surface area contributed by atoms with Crippen molar-refractivity contribution >= 4 is 17.1 Å². The molecule has 1 fully saturated rings. The van der Waals surface area contributed by atoms with E-state index in [-0.39, 0.29) is 18.0 Å². The Balaban J connectivity index is 1.89. The summed E-state index contributed by atoms with van der Waals surface area (Å²) in [5.74, 6) is 0.130. The van der Waals surface area contributed by atoms with Crippen LogP contribution in [0.3, 0.4) is 0 Å². The minimum Gasteiger partial charge on any atom is -0.366 e. The van der Waals surface area contributed by atoms with Crippen molar-refractivity contribution in [2.24, 2.45) is 5.73 Å². The molecule has 88 valence electrons. The van der Waals surface area contributed by atoms with Crippen LogP contribution in [0.5, 0.6) is 0 Å². The summed E-state index contributed by atoms with van der Waals surface area (Å²) in [5.41, 5.74) is 6.48. The number of aromatic nitrogens is 1. The SMILES string of the molecule is Cc1csc(CC(=O)C2CCC(CN)O2)n1. The fraction of sp³-hybridized carbons (Fsp3) is 0.636. The van der Waals surface area contributed by atoms with Crippen molar-refractivity contribution in [2.45, 2.75) is 38.4 Å². The van der Waals surface area contributed by atoms with E-state index in [0.717, 1.165) is 23.5 Å². The zero-order chi connectivity index (χ0) is 11.5. The lowest BCUT2D eigenvalue weighted by Gasteiger charge is -2.10. The molecule has 2 rings (SSSR count). The third kappa shape index (κ3) is 2.66. The Hall–Kier alpha value is -0.780. The van der Waals surface area contributed by atoms with E-state index in [2.05, 4.69) is 4.98 Å². The quantitative estimate of drug-likeness (QED) is 0.855. The van der Waals surface area contributed by atoms with E-state index < -0.39 is 0 Å². The maximum atomic E-state index is 11.9. The Labute approximate surface area is 98.8 Å². The number of nitrogens with two attached hydrogens (primary N) is 1. The van der Waals surface area contributed by atoms with Gasteiger partial charge in [-0.25, -0.2) is 4.98 Å². The number of ether oxygens (including phenoxy) is 1. The number of hydrogen-bond acceptors (Lipinski definition) is 5. The van der Waals surface area contributed by atoms with Crippen LogP contribution in [0.4, 0.5) is 0 Å². The van der Waals surface area contributed by atoms with E-state index >= 15 is 0 Å². The van der Waals surface area contributed by atoms with Crippen LogP contribution < -0.4 is 5.73 Å². The molecule has 0 aromatic carbocycles. The normalized spacial score (nSPS) is 24.9. The van der Waals surface area contributed by atoms with Gasteiger partial charge in [-0.3, -0.25) is 4.79 Å². The molecule has 4 nitrogen and oxygen atoms in total. The van der Waals surface area contributed by atoms with Crippen molar-refractivity contribution in [3.8, 4) is 0 Å². The summed E-state index contributed by atoms with van der Waals surface area (Å²) in [6.45, 7) is 2.43. The molecule has 2 atom stereocenters. The van der Waals surface area contributed by atoms with Gasteiger partial charge >= 0.3 is 0 Å². The highest BCUT2D eigenvalue weighted by Gasteiger charge is 2.29. The number of hydrogen-bond donors (Lipinski definition) is 1. The lowest BCUT2D eigenvalue weighted by Crippen LogP contribution is -2.26. The molecule has 0 spiro atoms. The number of nitrogens with zero attached hydrogens (tertiary/aromatic N) is 1. The molecule has 2 N–H and O–H groups in total. The van der Waals surface area contributed by atoms with Crippen LogP contribution in [-0.4, -0.2) is 29.5 Å². The van der Waals surface area contributed by atoms with Crippen molar-refractivity contribution in [3.05, 3.63) is 16.1 Å². The van der Waals surface area contributed by atoms with Gasteiger partial charge in [0.15, 0.2) is 5.78 Å². The van der Waals surface area contributed by atoms with Crippen LogP contribution in [0.25, 0.3) is 0 Å². The average molecular weight is 240 g/mol. The van der Waals surface area contributed by atoms with Gasteiger partial charge in [0.05, 0.1) is 12.5 Å². The number of rotatable bonds is 4. The Morgan fingerprint density at radius 3 is 3.06 bits per heavy atom. The summed E-state index contributed by atoms with van der Waals surface area (Å²) in [4.78, 5) is 16.2. The predicted molar refractivity (Wildman–Crippen MR) is 62.5 cm³/mol. The number of Topliss-reactive ketones (excluding diaryl/α,β-unsaturated/α-hetero) is 1. The van der Waals surface area contributed by atoms with Gasteiger partial charge in [-0.2, -0.15) is 0 Å². The largest absolute Gasteiger partial charge is 0.366 e. The molecule has 1 aromatic rings. The molecule has 0 radical (unpaired) electrons. The molecular formula is C11H16N2O2S. The second kappa shape index (κ2) is 5.03. The molecule has 5 heteroatoms. The fourth-order valence-electron chi connectivity index (χ4n) is 1.86. The van der Waals surface area contributed by atoms with Gasteiger partial charge in [0, 0.05) is 17.6 Å². The molecule has 1 saturated heterocycles. The zero-order valence-corrected chi connectivity index (χ0v) is 10.1. The Morgan fingerprint density at radius 2 is 2.50 bits per heavy atom. The summed E-state index contributed by atoms with van der Waals surface area (Å²) in [5, 5.41) is 2.84. The summed E-state index contributed by atoms with van der Waals surface area (Å²) in [6, 6.07) is 0. The molecule has 2 unspecified atom stereocenters. The van der Waals surface area contributed by atoms with Crippen LogP contribution >= 0.6 is 11.3 Å². The van der Waals surface area contributed by atoms with E-state index in [4.69, 9.17) is 10.5 Å². The Bertz CT molecular complexity index is 378. The van der Waals surface area contributed by atoms with Crippen LogP contribution in [0, 0.1) is 6.92 Å². The minimum atomic E-state index is -0.266. The van der Waals surface area contributed by atoms with Crippen LogP contribution in [0.1, 0.15) is 23.5 Å². The zero-order valence-electron chi connectivity index (χ0n) is 9.31. The lowest BCUT2D eigenvalue weighted by atomic mass is 10.1. The third-order valence-corrected chi connectivity index (χ3v) is 3.69. The maximum Gasteiger partial charge on any atom is 0.168 e. The number of carbonyl (C=O) groups excluding carboxylic acids is 1. The van der Waals surface area contributed by atoms with Crippen molar-refractivity contribution in [3.63, 3.8) is 0 Å². The van der Waals surface area contributed by atoms with Gasteiger partial charge in [-0.05, 0) is 19.8 Å². The molecule has 1 aliphatic heterocycles. The number of aryl methyl sites for hydroxylation is 1. The third-order valence-electron chi connectivity index (χ3n) is 2.72. The number of carbonyl (C=O) groups is 1. The first-order chi connectivity index (χ1) is 7.69. The first kappa shape index (κ1) is 11.7. The number of ketones is 1. The van der Waals surface area contributed by atoms with Crippen LogP contribution in [-0.2, 0) is 16.0 Å². The summed E-state index contributed by atoms with van der Waals surface area (Å²) >= 11 is 1.53. The van der Waals surface area contributed by atoms with E-state index in [0.29, 0.717) is 13.0 Å². The Morgan fingerprint density at radius 1 is 1.69 bits per heavy atom. The van der Waals surface area contributed by atoms with E-state index in [1.165, 1.54) is 11.3 Å². The summed E-state index contributed by atoms with van der Waals surface area (Å²) in [7, 11) is 0. The van der Waals surface area contributed by atoms with Gasteiger partial charge < -0.3 is 10.5 Å². The molecule has 1 aromatic heterocycles. The van der Waals surface area contributed by atoms with Crippen molar-refractivity contribution < 1.29 is 9.53 Å². The van der Waals surface area contributed by atoms with Crippen molar-refractivity contribution in [1.82, 2.24) is 4.98 Å². The first-order valence-electron chi connectivity index (χ1n) is 5.48. The maximum absolute atomic E-state index is 11.9. The highest BCUT2D eigenvalue weighted by molar-refractivity contribution is 7.09. The molecule has 0 bridgehead atoms. The highest BCUT2D eigenvalue weighted by Crippen LogP contribution is 2.21. The van der Waals surface area contributed by atoms with Gasteiger partial charge in [0.1, 0.15) is 11.1 Å². The molecule has 0 saturated carbocycles. The summed E-state index contributed by atoms with van der Waals surface area (Å²) < 4.78 is 5.55. The first-order valence-corrected chi connectivity index (χ1v) is 6.36. The van der Waals surface area contributed by atoms with Crippen LogP contribution in [0.15, 0.2) is 5.38 Å². The van der Waals surface area contributed by atoms with Crippen LogP contribution in [0.2, 0.25) is 0 Å². The second-order valence-electron chi connectivity index (χ2n) is 4.09. The van der Waals surface area contributed by atoms with Gasteiger partial charge in [0.2, 0.25) is 0 Å². The van der Waals surface area contributed by atoms with Gasteiger partial charge in [-0.15, -0.1) is 11.3 Å². The lowest BCUT2D eigenvalue weighted by molar-refractivity contribution is -0.128. The fourth-order valence-corrected chi connectivity index (χ4v) is 2.64. The molecule has 0 aliphatic carbocycles.